The highest BCUT2D eigenvalue weighted by Gasteiger charge is 2.45. The molecule has 248 valence electrons. The molecule has 1 amide bonds. The van der Waals surface area contributed by atoms with E-state index in [1.54, 1.807) is 13.8 Å². The number of halogens is 3. The Balaban J connectivity index is 1.42. The molecule has 3 aromatic rings. The van der Waals surface area contributed by atoms with Crippen molar-refractivity contribution in [3.63, 3.8) is 0 Å². The normalized spacial score (nSPS) is 20.1. The summed E-state index contributed by atoms with van der Waals surface area (Å²) >= 11 is 0. The van der Waals surface area contributed by atoms with Gasteiger partial charge in [0.05, 0.1) is 6.04 Å². The number of sulfonamides is 1. The third kappa shape index (κ3) is 7.65. The molecule has 3 N–H and O–H groups in total. The lowest BCUT2D eigenvalue weighted by molar-refractivity contribution is -0.275. The van der Waals surface area contributed by atoms with Crippen LogP contribution >= 0.6 is 0 Å². The summed E-state index contributed by atoms with van der Waals surface area (Å²) in [5.41, 5.74) is 0.573. The molecular weight excluding hydrogens is 623 g/mol. The number of alkyl halides is 3. The van der Waals surface area contributed by atoms with E-state index in [1.165, 1.54) is 49.6 Å². The Hall–Kier alpha value is -3.65. The monoisotopic (exact) mass is 661 g/mol. The third-order valence-electron chi connectivity index (χ3n) is 8.54. The quantitative estimate of drug-likeness (QED) is 0.252. The molecule has 46 heavy (non-hydrogen) atoms. The molecule has 13 heteroatoms. The van der Waals surface area contributed by atoms with Gasteiger partial charge < -0.3 is 19.9 Å². The van der Waals surface area contributed by atoms with E-state index in [9.17, 15) is 31.5 Å². The first-order valence-corrected chi connectivity index (χ1v) is 16.6. The Labute approximate surface area is 266 Å². The van der Waals surface area contributed by atoms with E-state index < -0.39 is 50.7 Å². The Morgan fingerprint density at radius 2 is 1.72 bits per heavy atom. The van der Waals surface area contributed by atoms with Crippen LogP contribution in [-0.4, -0.2) is 55.5 Å². The van der Waals surface area contributed by atoms with Crippen LogP contribution in [0.3, 0.4) is 0 Å². The van der Waals surface area contributed by atoms with Crippen LogP contribution in [0, 0.1) is 0 Å². The maximum Gasteiger partial charge on any atom is 0.573 e. The van der Waals surface area contributed by atoms with Gasteiger partial charge >= 0.3 is 6.36 Å². The smallest absolute Gasteiger partial charge is 0.485 e. The van der Waals surface area contributed by atoms with Crippen LogP contribution in [0.15, 0.2) is 71.6 Å². The van der Waals surface area contributed by atoms with E-state index in [-0.39, 0.29) is 16.9 Å². The predicted molar refractivity (Wildman–Crippen MR) is 166 cm³/mol. The van der Waals surface area contributed by atoms with E-state index in [0.29, 0.717) is 18.3 Å². The number of fused-ring (bicyclic) bond motifs is 1. The zero-order chi connectivity index (χ0) is 33.3. The third-order valence-corrected chi connectivity index (χ3v) is 10.0. The molecule has 0 saturated heterocycles. The minimum Gasteiger partial charge on any atom is -0.485 e. The van der Waals surface area contributed by atoms with Crippen molar-refractivity contribution in [2.24, 2.45) is 0 Å². The van der Waals surface area contributed by atoms with Gasteiger partial charge in [-0.05, 0) is 75.7 Å². The Morgan fingerprint density at radius 1 is 1.04 bits per heavy atom. The zero-order valence-corrected chi connectivity index (χ0v) is 26.6. The molecule has 1 unspecified atom stereocenters. The molecule has 3 aromatic carbocycles. The number of nitrogens with one attached hydrogen (secondary N) is 2. The molecule has 0 radical (unpaired) electrons. The standard InChI is InChI=1S/C33H38F3N3O6S/c1-32(2)30(40)29(38-46(42,43)28-16-10-9-15-27(28)45-33(34,35)36)24-19-21(17-18-26(24)44-32)31(41)37-25-14-8-7-11-22(25)20-39(3)23-12-5-4-6-13-23/h7-11,14-19,23,29-30,38,40H,4-6,12-13,20H2,1-3H3,(H,37,41)/t29?,30-/m0/s1. The summed E-state index contributed by atoms with van der Waals surface area (Å²) in [6, 6.07) is 15.3. The average molecular weight is 662 g/mol. The van der Waals surface area contributed by atoms with Crippen LogP contribution < -0.4 is 19.5 Å². The van der Waals surface area contributed by atoms with Crippen LogP contribution in [0.4, 0.5) is 18.9 Å². The van der Waals surface area contributed by atoms with E-state index >= 15 is 0 Å². The molecule has 1 fully saturated rings. The van der Waals surface area contributed by atoms with Crippen molar-refractivity contribution in [3.05, 3.63) is 83.4 Å². The first kappa shape index (κ1) is 33.7. The molecule has 0 spiro atoms. The number of anilines is 1. The average Bonchev–Trinajstić information content (AvgIpc) is 3.00. The molecule has 5 rings (SSSR count). The van der Waals surface area contributed by atoms with Gasteiger partial charge in [0.15, 0.2) is 0 Å². The van der Waals surface area contributed by atoms with Crippen molar-refractivity contribution in [1.29, 1.82) is 0 Å². The van der Waals surface area contributed by atoms with Crippen LogP contribution in [0.2, 0.25) is 0 Å². The molecule has 1 aliphatic carbocycles. The van der Waals surface area contributed by atoms with Crippen molar-refractivity contribution in [2.45, 2.75) is 87.5 Å². The summed E-state index contributed by atoms with van der Waals surface area (Å²) < 4.78 is 78.3. The van der Waals surface area contributed by atoms with Crippen molar-refractivity contribution < 1.29 is 41.0 Å². The highest BCUT2D eigenvalue weighted by atomic mass is 32.2. The number of carbonyl (C=O) groups is 1. The summed E-state index contributed by atoms with van der Waals surface area (Å²) in [4.78, 5) is 15.1. The number of nitrogens with zero attached hydrogens (tertiary/aromatic N) is 1. The molecule has 2 aliphatic rings. The number of benzene rings is 3. The zero-order valence-electron chi connectivity index (χ0n) is 25.8. The SMILES string of the molecule is CN(Cc1ccccc1NC(=O)c1ccc2c(c1)C(NS(=O)(=O)c1ccccc1OC(F)(F)F)[C@H](O)C(C)(C)O2)C1CCCCC1. The summed E-state index contributed by atoms with van der Waals surface area (Å²) in [7, 11) is -2.61. The van der Waals surface area contributed by atoms with E-state index in [4.69, 9.17) is 4.74 Å². The summed E-state index contributed by atoms with van der Waals surface area (Å²) in [5, 5.41) is 14.2. The summed E-state index contributed by atoms with van der Waals surface area (Å²) in [5.74, 6) is -1.20. The number of rotatable bonds is 9. The number of amides is 1. The fraction of sp³-hybridized carbons (Fsp3) is 0.424. The van der Waals surface area contributed by atoms with Crippen LogP contribution in [0.25, 0.3) is 0 Å². The lowest BCUT2D eigenvalue weighted by Crippen LogP contribution is -2.53. The van der Waals surface area contributed by atoms with Crippen LogP contribution in [-0.2, 0) is 16.6 Å². The number of hydrogen-bond acceptors (Lipinski definition) is 7. The van der Waals surface area contributed by atoms with E-state index in [0.717, 1.165) is 30.5 Å². The molecule has 0 aromatic heterocycles. The predicted octanol–water partition coefficient (Wildman–Crippen LogP) is 6.15. The van der Waals surface area contributed by atoms with E-state index in [2.05, 4.69) is 26.7 Å². The fourth-order valence-corrected chi connectivity index (χ4v) is 7.42. The summed E-state index contributed by atoms with van der Waals surface area (Å²) in [6.45, 7) is 3.73. The number of para-hydroxylation sites is 2. The van der Waals surface area contributed by atoms with Crippen molar-refractivity contribution >= 4 is 21.6 Å². The highest BCUT2D eigenvalue weighted by Crippen LogP contribution is 2.42. The van der Waals surface area contributed by atoms with Gasteiger partial charge in [-0.3, -0.25) is 9.69 Å². The van der Waals surface area contributed by atoms with Gasteiger partial charge in [-0.25, -0.2) is 13.1 Å². The van der Waals surface area contributed by atoms with Crippen molar-refractivity contribution in [2.75, 3.05) is 12.4 Å². The summed E-state index contributed by atoms with van der Waals surface area (Å²) in [6.07, 6.45) is -0.698. The first-order valence-electron chi connectivity index (χ1n) is 15.1. The molecule has 2 atom stereocenters. The van der Waals surface area contributed by atoms with Crippen LogP contribution in [0.5, 0.6) is 11.5 Å². The lowest BCUT2D eigenvalue weighted by atomic mass is 9.86. The van der Waals surface area contributed by atoms with Gasteiger partial charge in [0.2, 0.25) is 10.0 Å². The van der Waals surface area contributed by atoms with Gasteiger partial charge in [-0.2, -0.15) is 0 Å². The van der Waals surface area contributed by atoms with Gasteiger partial charge in [-0.15, -0.1) is 13.2 Å². The molecule has 1 heterocycles. The van der Waals surface area contributed by atoms with Crippen molar-refractivity contribution in [3.8, 4) is 11.5 Å². The van der Waals surface area contributed by atoms with Gasteiger partial charge in [0, 0.05) is 29.4 Å². The van der Waals surface area contributed by atoms with Gasteiger partial charge in [-0.1, -0.05) is 49.6 Å². The Bertz CT molecular complexity index is 1680. The molecule has 9 nitrogen and oxygen atoms in total. The number of aliphatic hydroxyl groups is 1. The fourth-order valence-electron chi connectivity index (χ4n) is 6.07. The van der Waals surface area contributed by atoms with Gasteiger partial charge in [0.25, 0.3) is 5.91 Å². The second kappa shape index (κ2) is 13.2. The number of ether oxygens (including phenoxy) is 2. The Morgan fingerprint density at radius 3 is 2.43 bits per heavy atom. The minimum absolute atomic E-state index is 0.141. The molecule has 1 aliphatic heterocycles. The highest BCUT2D eigenvalue weighted by molar-refractivity contribution is 7.89. The van der Waals surface area contributed by atoms with Crippen LogP contribution in [0.1, 0.15) is 73.5 Å². The lowest BCUT2D eigenvalue weighted by Gasteiger charge is -2.42. The number of aliphatic hydroxyl groups excluding tert-OH is 1. The van der Waals surface area contributed by atoms with Gasteiger partial charge in [0.1, 0.15) is 28.1 Å². The largest absolute Gasteiger partial charge is 0.573 e. The molecule has 0 bridgehead atoms. The van der Waals surface area contributed by atoms with E-state index in [1.807, 2.05) is 24.3 Å². The first-order chi connectivity index (χ1) is 21.6. The molecule has 1 saturated carbocycles. The van der Waals surface area contributed by atoms with Crippen molar-refractivity contribution in [1.82, 2.24) is 9.62 Å². The number of carbonyl (C=O) groups excluding carboxylic acids is 1. The maximum absolute atomic E-state index is 13.5. The Kier molecular flexibility index (Phi) is 9.69. The second-order valence-corrected chi connectivity index (χ2v) is 14.0. The number of hydrogen-bond donors (Lipinski definition) is 3. The molecular formula is C33H38F3N3O6S. The second-order valence-electron chi connectivity index (χ2n) is 12.3. The maximum atomic E-state index is 13.5. The minimum atomic E-state index is -5.13. The topological polar surface area (TPSA) is 117 Å².